The van der Waals surface area contributed by atoms with Crippen LogP contribution in [-0.4, -0.2) is 89.8 Å². The molecule has 0 bridgehead atoms. The molecule has 6 amide bonds. The summed E-state index contributed by atoms with van der Waals surface area (Å²) in [6, 6.07) is 24.1. The highest BCUT2D eigenvalue weighted by Crippen LogP contribution is 2.31. The largest absolute Gasteiger partial charge is 0.486 e. The topological polar surface area (TPSA) is 233 Å². The van der Waals surface area contributed by atoms with E-state index < -0.39 is 40.9 Å². The molecule has 0 radical (unpaired) electrons. The van der Waals surface area contributed by atoms with Crippen LogP contribution in [0.3, 0.4) is 0 Å². The molecular formula is C49H43F2N11O7S3. The highest BCUT2D eigenvalue weighted by molar-refractivity contribution is 7.14. The Morgan fingerprint density at radius 2 is 1.12 bits per heavy atom. The molecule has 4 N–H and O–H groups in total. The van der Waals surface area contributed by atoms with Crippen molar-refractivity contribution in [2.24, 2.45) is 0 Å². The third-order valence-electron chi connectivity index (χ3n) is 9.85. The number of pyridine rings is 3. The number of carbonyl (C=O) groups excluding carboxylic acids is 5. The van der Waals surface area contributed by atoms with Gasteiger partial charge in [0.1, 0.15) is 54.0 Å². The van der Waals surface area contributed by atoms with E-state index in [-0.39, 0.29) is 31.9 Å². The molecule has 0 unspecified atom stereocenters. The molecule has 1 fully saturated rings. The van der Waals surface area contributed by atoms with Crippen LogP contribution >= 0.6 is 34.0 Å². The molecule has 6 aromatic heterocycles. The molecule has 23 heteroatoms. The van der Waals surface area contributed by atoms with Crippen molar-refractivity contribution in [1.82, 2.24) is 40.1 Å². The number of carbonyl (C=O) groups is 5. The normalized spacial score (nSPS) is 13.0. The lowest BCUT2D eigenvalue weighted by atomic mass is 10.1. The van der Waals surface area contributed by atoms with Crippen LogP contribution in [0.25, 0.3) is 34.2 Å². The summed E-state index contributed by atoms with van der Waals surface area (Å²) < 4.78 is 37.2. The summed E-state index contributed by atoms with van der Waals surface area (Å²) in [6.45, 7) is 3.90. The number of rotatable bonds is 11. The molecule has 2 aromatic carbocycles. The molecule has 0 spiro atoms. The lowest BCUT2D eigenvalue weighted by Crippen LogP contribution is -2.41. The Kier molecular flexibility index (Phi) is 16.8. The number of benzene rings is 2. The zero-order chi connectivity index (χ0) is 49.9. The fourth-order valence-corrected chi connectivity index (χ4v) is 8.69. The standard InChI is InChI=1S/C18H15N3O3S.C15H9F2N3OS.C15H15N5O3S.CH4/c22-17(10-12-4-5-15-16(9-12)24-8-7-23-15)21-18-20-14(11-25-18)13-3-1-2-6-19-13;16-10-5-9(6-11(17)7-10)14(21)20-15-19-13(8-22-15)12-3-1-2-4-18-12;1-15(2)12(22)20(14(23)19-15)7-11(21)18-13-17-10(8-24-13)9-5-3-4-6-16-9;/h1-6,9,11H,7-8,10H2,(H,20,21,22);1-8H,(H,19,20,21);3-6,8H,7H2,1-2H3,(H,19,23)(H,17,18,21);1H4. The third-order valence-corrected chi connectivity index (χ3v) is 12.1. The number of nitrogens with zero attached hydrogens (tertiary/aromatic N) is 7. The van der Waals surface area contributed by atoms with Gasteiger partial charge in [-0.05, 0) is 80.1 Å². The monoisotopic (exact) mass is 1030 g/mol. The summed E-state index contributed by atoms with van der Waals surface area (Å²) in [5.74, 6) is -1.89. The van der Waals surface area contributed by atoms with E-state index in [4.69, 9.17) is 9.47 Å². The molecular weight excluding hydrogens is 989 g/mol. The van der Waals surface area contributed by atoms with Gasteiger partial charge in [0.05, 0.1) is 23.5 Å². The number of fused-ring (bicyclic) bond motifs is 1. The number of hydrogen-bond donors (Lipinski definition) is 4. The summed E-state index contributed by atoms with van der Waals surface area (Å²) in [5, 5.41) is 17.1. The Morgan fingerprint density at radius 1 is 0.639 bits per heavy atom. The summed E-state index contributed by atoms with van der Waals surface area (Å²) in [7, 11) is 0. The van der Waals surface area contributed by atoms with Crippen LogP contribution in [0.15, 0.2) is 126 Å². The van der Waals surface area contributed by atoms with E-state index in [0.29, 0.717) is 63.2 Å². The maximum Gasteiger partial charge on any atom is 0.325 e. The molecule has 1 saturated heterocycles. The first-order valence-electron chi connectivity index (χ1n) is 21.3. The van der Waals surface area contributed by atoms with Gasteiger partial charge in [0.2, 0.25) is 11.8 Å². The Morgan fingerprint density at radius 3 is 1.60 bits per heavy atom. The lowest BCUT2D eigenvalue weighted by molar-refractivity contribution is -0.132. The number of anilines is 3. The molecule has 8 aromatic rings. The van der Waals surface area contributed by atoms with Crippen LogP contribution in [0.5, 0.6) is 11.5 Å². The van der Waals surface area contributed by atoms with Gasteiger partial charge < -0.3 is 25.4 Å². The molecule has 8 heterocycles. The van der Waals surface area contributed by atoms with Gasteiger partial charge in [0.15, 0.2) is 26.9 Å². The molecule has 0 aliphatic carbocycles. The maximum atomic E-state index is 13.1. The first-order valence-corrected chi connectivity index (χ1v) is 23.9. The predicted molar refractivity (Wildman–Crippen MR) is 270 cm³/mol. The maximum absolute atomic E-state index is 13.1. The molecule has 18 nitrogen and oxygen atoms in total. The van der Waals surface area contributed by atoms with Crippen LogP contribution in [0.1, 0.15) is 37.2 Å². The van der Waals surface area contributed by atoms with E-state index in [2.05, 4.69) is 51.2 Å². The summed E-state index contributed by atoms with van der Waals surface area (Å²) >= 11 is 3.83. The van der Waals surface area contributed by atoms with E-state index in [9.17, 15) is 32.8 Å². The van der Waals surface area contributed by atoms with Gasteiger partial charge in [0.25, 0.3) is 11.8 Å². The van der Waals surface area contributed by atoms with Gasteiger partial charge in [-0.2, -0.15) is 0 Å². The van der Waals surface area contributed by atoms with Crippen LogP contribution in [-0.2, 0) is 20.8 Å². The van der Waals surface area contributed by atoms with E-state index >= 15 is 0 Å². The van der Waals surface area contributed by atoms with Crippen molar-refractivity contribution in [2.75, 3.05) is 35.7 Å². The van der Waals surface area contributed by atoms with Gasteiger partial charge in [-0.15, -0.1) is 34.0 Å². The average Bonchev–Trinajstić information content (AvgIpc) is 4.19. The minimum absolute atomic E-state index is 0. The van der Waals surface area contributed by atoms with Gasteiger partial charge in [-0.1, -0.05) is 31.7 Å². The second-order valence-electron chi connectivity index (χ2n) is 15.6. The fourth-order valence-electron chi connectivity index (χ4n) is 6.55. The second-order valence-corrected chi connectivity index (χ2v) is 18.1. The van der Waals surface area contributed by atoms with E-state index in [1.54, 1.807) is 61.4 Å². The minimum atomic E-state index is -0.995. The predicted octanol–water partition coefficient (Wildman–Crippen LogP) is 9.00. The van der Waals surface area contributed by atoms with Crippen LogP contribution in [0.2, 0.25) is 0 Å². The number of urea groups is 1. The van der Waals surface area contributed by atoms with Gasteiger partial charge in [-0.3, -0.25) is 44.3 Å². The Bertz CT molecular complexity index is 3180. The number of ether oxygens (including phenoxy) is 2. The van der Waals surface area contributed by atoms with E-state index in [1.807, 2.05) is 60.0 Å². The van der Waals surface area contributed by atoms with Gasteiger partial charge >= 0.3 is 6.03 Å². The number of amides is 6. The zero-order valence-corrected chi connectivity index (χ0v) is 39.9. The van der Waals surface area contributed by atoms with Crippen molar-refractivity contribution >= 4 is 79.1 Å². The van der Waals surface area contributed by atoms with Crippen molar-refractivity contribution in [3.05, 3.63) is 148 Å². The van der Waals surface area contributed by atoms with Crippen LogP contribution in [0, 0.1) is 11.6 Å². The quantitative estimate of drug-likeness (QED) is 0.0887. The summed E-state index contributed by atoms with van der Waals surface area (Å²) in [5.41, 5.74) is 3.94. The summed E-state index contributed by atoms with van der Waals surface area (Å²) in [4.78, 5) is 86.6. The Balaban J connectivity index is 0.000000158. The number of aromatic nitrogens is 6. The van der Waals surface area contributed by atoms with Crippen molar-refractivity contribution in [3.63, 3.8) is 0 Å². The molecule has 368 valence electrons. The summed E-state index contributed by atoms with van der Waals surface area (Å²) in [6.07, 6.45) is 5.26. The third kappa shape index (κ3) is 13.5. The zero-order valence-electron chi connectivity index (χ0n) is 37.4. The van der Waals surface area contributed by atoms with E-state index in [1.165, 1.54) is 34.0 Å². The number of thiazole rings is 3. The lowest BCUT2D eigenvalue weighted by Gasteiger charge is -2.18. The number of halogens is 2. The minimum Gasteiger partial charge on any atom is -0.486 e. The molecule has 2 aliphatic rings. The van der Waals surface area contributed by atoms with Gasteiger partial charge in [0, 0.05) is 46.4 Å². The fraction of sp³-hybridized carbons (Fsp3) is 0.163. The van der Waals surface area contributed by atoms with Gasteiger partial charge in [-0.25, -0.2) is 28.5 Å². The van der Waals surface area contributed by atoms with Crippen molar-refractivity contribution in [2.45, 2.75) is 33.2 Å². The molecule has 72 heavy (non-hydrogen) atoms. The molecule has 0 atom stereocenters. The average molecular weight is 1030 g/mol. The number of imide groups is 1. The second kappa shape index (κ2) is 23.5. The molecule has 0 saturated carbocycles. The first kappa shape index (κ1) is 51.4. The number of hydrogen-bond acceptors (Lipinski definition) is 16. The van der Waals surface area contributed by atoms with Crippen LogP contribution in [0.4, 0.5) is 29.0 Å². The molecule has 10 rings (SSSR count). The Labute approximate surface area is 422 Å². The SMILES string of the molecule is C.CC1(C)NC(=O)N(CC(=O)Nc2nc(-c3ccccn3)cs2)C1=O.O=C(Cc1ccc2c(c1)OCCO2)Nc1nc(-c2ccccn2)cs1.O=C(Nc1nc(-c2ccccn2)cs1)c1cc(F)cc(F)c1. The van der Waals surface area contributed by atoms with E-state index in [0.717, 1.165) is 39.7 Å². The van der Waals surface area contributed by atoms with Crippen LogP contribution < -0.4 is 30.7 Å². The van der Waals surface area contributed by atoms with Crippen molar-refractivity contribution in [3.8, 4) is 45.7 Å². The number of nitrogens with one attached hydrogen (secondary N) is 4. The smallest absolute Gasteiger partial charge is 0.325 e. The highest BCUT2D eigenvalue weighted by atomic mass is 32.1. The van der Waals surface area contributed by atoms with Crippen molar-refractivity contribution in [1.29, 1.82) is 0 Å². The Hall–Kier alpha value is -8.41. The first-order chi connectivity index (χ1) is 34.3. The highest BCUT2D eigenvalue weighted by Gasteiger charge is 2.45. The molecule has 2 aliphatic heterocycles. The van der Waals surface area contributed by atoms with Crippen molar-refractivity contribution < 1.29 is 42.2 Å².